The van der Waals surface area contributed by atoms with Crippen molar-refractivity contribution in [3.05, 3.63) is 46.1 Å². The molecule has 0 aliphatic heterocycles. The van der Waals surface area contributed by atoms with Crippen LogP contribution in [-0.4, -0.2) is 37.5 Å². The van der Waals surface area contributed by atoms with Crippen molar-refractivity contribution >= 4 is 28.7 Å². The Hall–Kier alpha value is -3.12. The lowest BCUT2D eigenvalue weighted by molar-refractivity contribution is -0.143. The van der Waals surface area contributed by atoms with Crippen LogP contribution in [0.15, 0.2) is 18.2 Å². The van der Waals surface area contributed by atoms with Crippen molar-refractivity contribution in [3.63, 3.8) is 0 Å². The maximum Gasteiger partial charge on any atom is 0.329 e. The van der Waals surface area contributed by atoms with Crippen LogP contribution >= 0.6 is 11.6 Å². The van der Waals surface area contributed by atoms with Gasteiger partial charge in [0.1, 0.15) is 17.3 Å². The van der Waals surface area contributed by atoms with Gasteiger partial charge in [-0.25, -0.2) is 19.0 Å². The predicted molar refractivity (Wildman–Crippen MR) is 93.4 cm³/mol. The highest BCUT2D eigenvalue weighted by molar-refractivity contribution is 6.31. The molecule has 1 unspecified atom stereocenters. The van der Waals surface area contributed by atoms with Gasteiger partial charge in [-0.05, 0) is 26.0 Å². The van der Waals surface area contributed by atoms with Gasteiger partial charge in [-0.3, -0.25) is 4.79 Å². The van der Waals surface area contributed by atoms with Gasteiger partial charge in [0.05, 0.1) is 19.2 Å². The third kappa shape index (κ3) is 3.57. The molecule has 0 bridgehead atoms. The number of aromatic nitrogens is 5. The third-order valence-corrected chi connectivity index (χ3v) is 4.15. The minimum Gasteiger partial charge on any atom is -0.465 e. The van der Waals surface area contributed by atoms with E-state index in [0.29, 0.717) is 5.82 Å². The van der Waals surface area contributed by atoms with Crippen LogP contribution in [0.3, 0.4) is 0 Å². The van der Waals surface area contributed by atoms with E-state index in [1.807, 2.05) is 6.07 Å². The normalized spacial score (nSPS) is 12.0. The molecule has 0 N–H and O–H groups in total. The van der Waals surface area contributed by atoms with Crippen LogP contribution in [0.25, 0.3) is 11.2 Å². The number of nitrogens with zero attached hydrogens (tertiary/aromatic N) is 6. The molecule has 0 saturated heterocycles. The van der Waals surface area contributed by atoms with Gasteiger partial charge < -0.3 is 4.74 Å². The summed E-state index contributed by atoms with van der Waals surface area (Å²) in [6.45, 7) is 3.36. The van der Waals surface area contributed by atoms with Gasteiger partial charge in [0.25, 0.3) is 0 Å². The quantitative estimate of drug-likeness (QED) is 0.618. The van der Waals surface area contributed by atoms with Gasteiger partial charge in [0.2, 0.25) is 0 Å². The topological polar surface area (TPSA) is 107 Å². The highest BCUT2D eigenvalue weighted by Crippen LogP contribution is 2.25. The Morgan fingerprint density at radius 1 is 1.44 bits per heavy atom. The van der Waals surface area contributed by atoms with Crippen LogP contribution in [0, 0.1) is 24.1 Å². The first-order valence-electron chi connectivity index (χ1n) is 8.03. The molecular weight excluding hydrogens is 375 g/mol. The van der Waals surface area contributed by atoms with E-state index >= 15 is 0 Å². The van der Waals surface area contributed by atoms with E-state index in [1.165, 1.54) is 16.8 Å². The van der Waals surface area contributed by atoms with Crippen LogP contribution in [0.2, 0.25) is 5.02 Å². The molecule has 0 fully saturated rings. The van der Waals surface area contributed by atoms with Crippen LogP contribution in [0.5, 0.6) is 0 Å². The molecule has 3 rings (SSSR count). The second-order valence-electron chi connectivity index (χ2n) is 5.59. The number of hydrogen-bond donors (Lipinski definition) is 0. The van der Waals surface area contributed by atoms with E-state index in [9.17, 15) is 14.4 Å². The zero-order chi connectivity index (χ0) is 19.6. The summed E-state index contributed by atoms with van der Waals surface area (Å²) < 4.78 is 20.4. The SMILES string of the molecule is CCOC(=O)C(C#N)c1nc(C)nc2c1nnn2Cc1c(F)cccc1Cl. The lowest BCUT2D eigenvalue weighted by Gasteiger charge is -2.09. The van der Waals surface area contributed by atoms with Gasteiger partial charge >= 0.3 is 5.97 Å². The van der Waals surface area contributed by atoms with Crippen LogP contribution in [0.1, 0.15) is 29.9 Å². The maximum absolute atomic E-state index is 14.1. The van der Waals surface area contributed by atoms with Gasteiger partial charge in [-0.2, -0.15) is 5.26 Å². The monoisotopic (exact) mass is 388 g/mol. The first-order valence-corrected chi connectivity index (χ1v) is 8.41. The van der Waals surface area contributed by atoms with Crippen LogP contribution in [0.4, 0.5) is 4.39 Å². The molecule has 1 aromatic carbocycles. The van der Waals surface area contributed by atoms with Crippen molar-refractivity contribution in [2.45, 2.75) is 26.3 Å². The Kier molecular flexibility index (Phi) is 5.28. The Morgan fingerprint density at radius 3 is 2.89 bits per heavy atom. The summed E-state index contributed by atoms with van der Waals surface area (Å²) in [5.74, 6) is -2.17. The molecule has 1 atom stereocenters. The fourth-order valence-corrected chi connectivity index (χ4v) is 2.80. The van der Waals surface area contributed by atoms with Crippen molar-refractivity contribution in [2.24, 2.45) is 0 Å². The molecule has 27 heavy (non-hydrogen) atoms. The summed E-state index contributed by atoms with van der Waals surface area (Å²) in [5, 5.41) is 17.6. The summed E-state index contributed by atoms with van der Waals surface area (Å²) in [7, 11) is 0. The number of nitriles is 1. The van der Waals surface area contributed by atoms with E-state index < -0.39 is 17.7 Å². The summed E-state index contributed by atoms with van der Waals surface area (Å²) in [4.78, 5) is 20.5. The van der Waals surface area contributed by atoms with Crippen molar-refractivity contribution in [3.8, 4) is 6.07 Å². The Bertz CT molecular complexity index is 1040. The second-order valence-corrected chi connectivity index (χ2v) is 6.00. The molecule has 0 amide bonds. The summed E-state index contributed by atoms with van der Waals surface area (Å²) >= 11 is 6.07. The number of benzene rings is 1. The van der Waals surface area contributed by atoms with E-state index in [1.54, 1.807) is 19.9 Å². The largest absolute Gasteiger partial charge is 0.465 e. The van der Waals surface area contributed by atoms with Gasteiger partial charge in [-0.15, -0.1) is 5.10 Å². The van der Waals surface area contributed by atoms with Crippen molar-refractivity contribution < 1.29 is 13.9 Å². The Balaban J connectivity index is 2.10. The zero-order valence-corrected chi connectivity index (χ0v) is 15.2. The standard InChI is InChI=1S/C17H14ClFN6O2/c1-3-27-17(26)10(7-20)14-15-16(22-9(2)21-14)25(24-23-15)8-11-12(18)5-4-6-13(11)19/h4-6,10H,3,8H2,1-2H3. The number of aryl methyl sites for hydroxylation is 1. The first-order chi connectivity index (χ1) is 13.0. The number of hydrogen-bond acceptors (Lipinski definition) is 7. The molecule has 0 aliphatic rings. The van der Waals surface area contributed by atoms with E-state index in [2.05, 4.69) is 20.3 Å². The number of ether oxygens (including phenoxy) is 1. The minimum absolute atomic E-state index is 0.0193. The van der Waals surface area contributed by atoms with Gasteiger partial charge in [0.15, 0.2) is 17.1 Å². The maximum atomic E-state index is 14.1. The van der Waals surface area contributed by atoms with E-state index in [0.717, 1.165) is 0 Å². The molecule has 0 spiro atoms. The van der Waals surface area contributed by atoms with Gasteiger partial charge in [0, 0.05) is 10.6 Å². The van der Waals surface area contributed by atoms with E-state index in [-0.39, 0.29) is 40.6 Å². The van der Waals surface area contributed by atoms with Gasteiger partial charge in [-0.1, -0.05) is 22.9 Å². The Morgan fingerprint density at radius 2 is 2.22 bits per heavy atom. The summed E-state index contributed by atoms with van der Waals surface area (Å²) in [6.07, 6.45) is 0. The number of halogens is 2. The average Bonchev–Trinajstić information content (AvgIpc) is 3.02. The molecule has 2 heterocycles. The van der Waals surface area contributed by atoms with Crippen molar-refractivity contribution in [1.29, 1.82) is 5.26 Å². The molecule has 0 radical (unpaired) electrons. The average molecular weight is 389 g/mol. The Labute approximate surface area is 158 Å². The first kappa shape index (κ1) is 18.7. The summed E-state index contributed by atoms with van der Waals surface area (Å²) in [5.41, 5.74) is 0.768. The summed E-state index contributed by atoms with van der Waals surface area (Å²) in [6, 6.07) is 6.24. The molecule has 0 saturated carbocycles. The predicted octanol–water partition coefficient (Wildman–Crippen LogP) is 2.54. The highest BCUT2D eigenvalue weighted by atomic mass is 35.5. The number of carbonyl (C=O) groups is 1. The molecular formula is C17H14ClFN6O2. The number of fused-ring (bicyclic) bond motifs is 1. The smallest absolute Gasteiger partial charge is 0.329 e. The minimum atomic E-state index is -1.27. The molecule has 10 heteroatoms. The molecule has 2 aromatic heterocycles. The highest BCUT2D eigenvalue weighted by Gasteiger charge is 2.28. The molecule has 0 aliphatic carbocycles. The fraction of sp³-hybridized carbons (Fsp3) is 0.294. The number of esters is 1. The second kappa shape index (κ2) is 7.63. The van der Waals surface area contributed by atoms with Crippen molar-refractivity contribution in [2.75, 3.05) is 6.61 Å². The van der Waals surface area contributed by atoms with E-state index in [4.69, 9.17) is 16.3 Å². The lowest BCUT2D eigenvalue weighted by atomic mass is 10.1. The lowest BCUT2D eigenvalue weighted by Crippen LogP contribution is -2.17. The number of carbonyl (C=O) groups excluding carboxylic acids is 1. The molecule has 3 aromatic rings. The van der Waals surface area contributed by atoms with Crippen molar-refractivity contribution in [1.82, 2.24) is 25.0 Å². The van der Waals surface area contributed by atoms with Crippen LogP contribution < -0.4 is 0 Å². The molecule has 138 valence electrons. The molecule has 8 nitrogen and oxygen atoms in total. The number of rotatable bonds is 5. The van der Waals surface area contributed by atoms with Crippen LogP contribution in [-0.2, 0) is 16.1 Å². The zero-order valence-electron chi connectivity index (χ0n) is 14.5. The fourth-order valence-electron chi connectivity index (χ4n) is 2.58. The third-order valence-electron chi connectivity index (χ3n) is 3.80.